The first kappa shape index (κ1) is 13.3. The van der Waals surface area contributed by atoms with E-state index in [2.05, 4.69) is 53.4 Å². The molecule has 2 heterocycles. The van der Waals surface area contributed by atoms with E-state index in [9.17, 15) is 0 Å². The van der Waals surface area contributed by atoms with Gasteiger partial charge in [-0.3, -0.25) is 0 Å². The maximum atomic E-state index is 5.62. The average Bonchev–Trinajstić information content (AvgIpc) is 3.01. The molecule has 1 saturated heterocycles. The van der Waals surface area contributed by atoms with E-state index in [1.165, 1.54) is 11.1 Å². The van der Waals surface area contributed by atoms with Crippen LogP contribution in [-0.2, 0) is 20.8 Å². The smallest absolute Gasteiger partial charge is 0.190 e. The summed E-state index contributed by atoms with van der Waals surface area (Å²) in [6, 6.07) is 10.4. The third-order valence-electron chi connectivity index (χ3n) is 4.18. The molecule has 4 nitrogen and oxygen atoms in total. The standard InChI is InChI=1S/C18H18NO3/c1-20-17-15-11-19(10-13-5-3-2-4-6-13)8-7-14(15)9-16-18(17)22-12-21-16/h2-9,11,15-16H,10,12H2,1H3/q+1. The van der Waals surface area contributed by atoms with Crippen molar-refractivity contribution in [1.29, 1.82) is 0 Å². The van der Waals surface area contributed by atoms with Crippen molar-refractivity contribution in [2.24, 2.45) is 5.92 Å². The van der Waals surface area contributed by atoms with Crippen molar-refractivity contribution >= 4 is 6.21 Å². The average molecular weight is 296 g/mol. The summed E-state index contributed by atoms with van der Waals surface area (Å²) in [7, 11) is 1.69. The summed E-state index contributed by atoms with van der Waals surface area (Å²) in [5.74, 6) is 1.75. The van der Waals surface area contributed by atoms with E-state index >= 15 is 0 Å². The van der Waals surface area contributed by atoms with Gasteiger partial charge in [-0.15, -0.1) is 0 Å². The highest BCUT2D eigenvalue weighted by atomic mass is 16.7. The topological polar surface area (TPSA) is 30.7 Å². The Morgan fingerprint density at radius 2 is 2.14 bits per heavy atom. The molecule has 4 rings (SSSR count). The van der Waals surface area contributed by atoms with Crippen LogP contribution < -0.4 is 0 Å². The third-order valence-corrected chi connectivity index (χ3v) is 4.18. The molecule has 0 aromatic heterocycles. The fourth-order valence-electron chi connectivity index (χ4n) is 3.11. The molecule has 1 aromatic rings. The third kappa shape index (κ3) is 2.25. The van der Waals surface area contributed by atoms with Crippen molar-refractivity contribution < 1.29 is 18.8 Å². The van der Waals surface area contributed by atoms with Gasteiger partial charge in [-0.2, -0.15) is 0 Å². The lowest BCUT2D eigenvalue weighted by Crippen LogP contribution is -2.27. The number of hydrogen-bond acceptors (Lipinski definition) is 3. The van der Waals surface area contributed by atoms with E-state index in [4.69, 9.17) is 14.2 Å². The minimum Gasteiger partial charge on any atom is -0.496 e. The van der Waals surface area contributed by atoms with Crippen LogP contribution >= 0.6 is 0 Å². The van der Waals surface area contributed by atoms with Crippen molar-refractivity contribution in [3.8, 4) is 0 Å². The summed E-state index contributed by atoms with van der Waals surface area (Å²) >= 11 is 0. The lowest BCUT2D eigenvalue weighted by atomic mass is 9.88. The lowest BCUT2D eigenvalue weighted by molar-refractivity contribution is -0.472. The first-order valence-corrected chi connectivity index (χ1v) is 7.42. The van der Waals surface area contributed by atoms with Crippen LogP contribution in [0.5, 0.6) is 0 Å². The van der Waals surface area contributed by atoms with Crippen molar-refractivity contribution in [3.63, 3.8) is 0 Å². The van der Waals surface area contributed by atoms with Crippen LogP contribution in [0.4, 0.5) is 0 Å². The predicted octanol–water partition coefficient (Wildman–Crippen LogP) is 2.58. The van der Waals surface area contributed by atoms with Gasteiger partial charge in [0.05, 0.1) is 7.11 Å². The normalized spacial score (nSPS) is 25.9. The Bertz CT molecular complexity index is 700. The molecule has 1 aliphatic carbocycles. The SMILES string of the molecule is COC1=C2OCOC2C=C2C=C[N+](Cc3ccccc3)=CC21. The van der Waals surface area contributed by atoms with Gasteiger partial charge in [0.15, 0.2) is 37.3 Å². The summed E-state index contributed by atoms with van der Waals surface area (Å²) in [5, 5.41) is 0. The predicted molar refractivity (Wildman–Crippen MR) is 82.0 cm³/mol. The highest BCUT2D eigenvalue weighted by molar-refractivity contribution is 5.69. The number of fused-ring (bicyclic) bond motifs is 2. The van der Waals surface area contributed by atoms with E-state index in [0.717, 1.165) is 18.1 Å². The van der Waals surface area contributed by atoms with Crippen molar-refractivity contribution in [2.75, 3.05) is 13.9 Å². The van der Waals surface area contributed by atoms with Gasteiger partial charge < -0.3 is 14.2 Å². The fourth-order valence-corrected chi connectivity index (χ4v) is 3.11. The quantitative estimate of drug-likeness (QED) is 0.803. The van der Waals surface area contributed by atoms with Crippen LogP contribution in [0.2, 0.25) is 0 Å². The molecule has 2 atom stereocenters. The number of benzene rings is 1. The van der Waals surface area contributed by atoms with Crippen LogP contribution in [0.15, 0.2) is 65.8 Å². The molecule has 22 heavy (non-hydrogen) atoms. The highest BCUT2D eigenvalue weighted by Gasteiger charge is 2.38. The van der Waals surface area contributed by atoms with Crippen molar-refractivity contribution in [3.05, 3.63) is 71.3 Å². The fraction of sp³-hybridized carbons (Fsp3) is 0.278. The van der Waals surface area contributed by atoms with Gasteiger partial charge in [0.1, 0.15) is 12.0 Å². The Hall–Kier alpha value is -2.33. The van der Waals surface area contributed by atoms with Crippen LogP contribution in [0.25, 0.3) is 0 Å². The first-order valence-electron chi connectivity index (χ1n) is 7.42. The van der Waals surface area contributed by atoms with Gasteiger partial charge in [-0.1, -0.05) is 30.3 Å². The van der Waals surface area contributed by atoms with Crippen molar-refractivity contribution in [1.82, 2.24) is 0 Å². The molecule has 0 saturated carbocycles. The van der Waals surface area contributed by atoms with Gasteiger partial charge in [0, 0.05) is 11.6 Å². The molecule has 112 valence electrons. The Morgan fingerprint density at radius 3 is 2.95 bits per heavy atom. The summed E-state index contributed by atoms with van der Waals surface area (Å²) in [6.45, 7) is 1.13. The molecule has 0 radical (unpaired) electrons. The second kappa shape index (κ2) is 5.46. The minimum absolute atomic E-state index is 0.0895. The molecule has 2 unspecified atom stereocenters. The number of ether oxygens (including phenoxy) is 3. The zero-order valence-corrected chi connectivity index (χ0v) is 12.4. The molecular weight excluding hydrogens is 278 g/mol. The summed E-state index contributed by atoms with van der Waals surface area (Å²) in [6.07, 6.45) is 8.42. The van der Waals surface area contributed by atoms with Gasteiger partial charge >= 0.3 is 0 Å². The summed E-state index contributed by atoms with van der Waals surface area (Å²) < 4.78 is 19.0. The van der Waals surface area contributed by atoms with E-state index in [-0.39, 0.29) is 12.0 Å². The molecule has 1 aromatic carbocycles. The largest absolute Gasteiger partial charge is 0.496 e. The first-order chi connectivity index (χ1) is 10.8. The Kier molecular flexibility index (Phi) is 3.31. The summed E-state index contributed by atoms with van der Waals surface area (Å²) in [5.41, 5.74) is 2.47. The maximum Gasteiger partial charge on any atom is 0.190 e. The zero-order valence-electron chi connectivity index (χ0n) is 12.4. The van der Waals surface area contributed by atoms with Gasteiger partial charge in [0.25, 0.3) is 0 Å². The van der Waals surface area contributed by atoms with Crippen LogP contribution in [0.3, 0.4) is 0 Å². The van der Waals surface area contributed by atoms with Gasteiger partial charge in [-0.25, -0.2) is 4.58 Å². The van der Waals surface area contributed by atoms with Crippen LogP contribution in [0.1, 0.15) is 5.56 Å². The molecule has 0 N–H and O–H groups in total. The number of allylic oxidation sites excluding steroid dienone is 2. The molecule has 4 heteroatoms. The highest BCUT2D eigenvalue weighted by Crippen LogP contribution is 2.36. The zero-order chi connectivity index (χ0) is 14.9. The van der Waals surface area contributed by atoms with E-state index in [1.807, 2.05) is 6.07 Å². The number of hydrogen-bond donors (Lipinski definition) is 0. The van der Waals surface area contributed by atoms with Crippen LogP contribution in [-0.4, -0.2) is 30.8 Å². The Labute approximate surface area is 129 Å². The molecule has 1 fully saturated rings. The Balaban J connectivity index is 1.65. The molecular formula is C18H18NO3+. The molecule has 0 spiro atoms. The molecule has 0 amide bonds. The molecule has 2 aliphatic heterocycles. The van der Waals surface area contributed by atoms with Gasteiger partial charge in [0.2, 0.25) is 0 Å². The number of methoxy groups -OCH3 is 1. The van der Waals surface area contributed by atoms with E-state index < -0.39 is 0 Å². The molecule has 0 bridgehead atoms. The van der Waals surface area contributed by atoms with Gasteiger partial charge in [-0.05, 0) is 11.6 Å². The second-order valence-electron chi connectivity index (χ2n) is 5.55. The van der Waals surface area contributed by atoms with Crippen molar-refractivity contribution in [2.45, 2.75) is 12.6 Å². The number of nitrogens with zero attached hydrogens (tertiary/aromatic N) is 1. The minimum atomic E-state index is -0.111. The maximum absolute atomic E-state index is 5.62. The van der Waals surface area contributed by atoms with E-state index in [1.54, 1.807) is 7.11 Å². The summed E-state index contributed by atoms with van der Waals surface area (Å²) in [4.78, 5) is 0. The Morgan fingerprint density at radius 1 is 1.27 bits per heavy atom. The van der Waals surface area contributed by atoms with Crippen LogP contribution in [0, 0.1) is 5.92 Å². The van der Waals surface area contributed by atoms with E-state index in [0.29, 0.717) is 6.79 Å². The monoisotopic (exact) mass is 296 g/mol. The number of rotatable bonds is 3. The molecule has 3 aliphatic rings. The lowest BCUT2D eigenvalue weighted by Gasteiger charge is -2.24. The second-order valence-corrected chi connectivity index (χ2v) is 5.55.